The summed E-state index contributed by atoms with van der Waals surface area (Å²) in [6.45, 7) is -0.135. The number of carbonyl (C=O) groups excluding carboxylic acids is 2. The molecule has 2 saturated heterocycles. The number of halogens is 6. The quantitative estimate of drug-likeness (QED) is 0.246. The fourth-order valence-corrected chi connectivity index (χ4v) is 7.11. The van der Waals surface area contributed by atoms with Crippen molar-refractivity contribution in [3.8, 4) is 0 Å². The van der Waals surface area contributed by atoms with Crippen molar-refractivity contribution in [1.82, 2.24) is 19.7 Å². The first-order chi connectivity index (χ1) is 18.2. The van der Waals surface area contributed by atoms with Gasteiger partial charge in [-0.3, -0.25) is 19.8 Å². The van der Waals surface area contributed by atoms with E-state index in [2.05, 4.69) is 4.98 Å². The molecule has 17 heteroatoms. The lowest BCUT2D eigenvalue weighted by molar-refractivity contribution is -0.284. The Balaban J connectivity index is 0.00000560. The van der Waals surface area contributed by atoms with Crippen LogP contribution in [-0.2, 0) is 30.8 Å². The molecular formula is C23H32ClF5N4O6S. The number of nitrogens with zero attached hydrogens (tertiary/aromatic N) is 3. The summed E-state index contributed by atoms with van der Waals surface area (Å²) < 4.78 is 94.8. The summed E-state index contributed by atoms with van der Waals surface area (Å²) >= 11 is 0. The molecule has 0 unspecified atom stereocenters. The first-order valence-electron chi connectivity index (χ1n) is 12.3. The first kappa shape index (κ1) is 34.1. The van der Waals surface area contributed by atoms with Gasteiger partial charge in [-0.15, -0.1) is 12.4 Å². The van der Waals surface area contributed by atoms with Gasteiger partial charge in [0.2, 0.25) is 15.9 Å². The first-order valence-corrected chi connectivity index (χ1v) is 13.7. The molecule has 228 valence electrons. The van der Waals surface area contributed by atoms with Gasteiger partial charge in [0, 0.05) is 57.5 Å². The number of nitrogens with one attached hydrogen (secondary N) is 1. The highest BCUT2D eigenvalue weighted by Crippen LogP contribution is 2.39. The molecule has 2 fully saturated rings. The van der Waals surface area contributed by atoms with Crippen molar-refractivity contribution in [1.29, 1.82) is 0 Å². The molecule has 0 radical (unpaired) electrons. The number of rotatable bonds is 9. The topological polar surface area (TPSA) is 129 Å². The molecule has 2 aliphatic heterocycles. The molecule has 2 N–H and O–H groups in total. The zero-order chi connectivity index (χ0) is 29.1. The maximum atomic E-state index is 13.6. The Morgan fingerprint density at radius 3 is 2.20 bits per heavy atom. The van der Waals surface area contributed by atoms with Gasteiger partial charge in [0.05, 0.1) is 0 Å². The molecule has 0 aromatic carbocycles. The number of pyridine rings is 1. The molecule has 0 bridgehead atoms. The predicted octanol–water partition coefficient (Wildman–Crippen LogP) is 2.66. The molecular weight excluding hydrogens is 591 g/mol. The number of hydrogen-bond acceptors (Lipinski definition) is 7. The second kappa shape index (κ2) is 13.2. The fraction of sp³-hybridized carbons (Fsp3) is 0.696. The van der Waals surface area contributed by atoms with E-state index in [1.165, 1.54) is 40.1 Å². The number of aryl methyl sites for hydroxylation is 1. The minimum Gasteiger partial charge on any atom is -0.375 e. The normalized spacial score (nSPS) is 19.1. The highest BCUT2D eigenvalue weighted by atomic mass is 35.5. The highest BCUT2D eigenvalue weighted by molar-refractivity contribution is 7.91. The molecule has 3 rings (SSSR count). The lowest BCUT2D eigenvalue weighted by Crippen LogP contribution is -2.62. The number of hydroxylamine groups is 1. The van der Waals surface area contributed by atoms with Crippen molar-refractivity contribution in [3.05, 3.63) is 29.6 Å². The highest BCUT2D eigenvalue weighted by Gasteiger charge is 2.57. The summed E-state index contributed by atoms with van der Waals surface area (Å²) in [5.41, 5.74) is 2.23. The van der Waals surface area contributed by atoms with Gasteiger partial charge in [-0.1, -0.05) is 6.07 Å². The maximum absolute atomic E-state index is 13.6. The van der Waals surface area contributed by atoms with E-state index in [0.717, 1.165) is 0 Å². The van der Waals surface area contributed by atoms with Gasteiger partial charge in [0.15, 0.2) is 4.75 Å². The summed E-state index contributed by atoms with van der Waals surface area (Å²) in [5.74, 6) is -6.42. The SMILES string of the molecule is COCC(=O)N1CCC(C(=O)NO)(S(=O)(=O)N2CCC(c3ccc(CCC(F)(F)C(F)(F)F)cn3)CC2)CC1.Cl. The number of likely N-dealkylation sites (tertiary alicyclic amines) is 1. The summed E-state index contributed by atoms with van der Waals surface area (Å²) in [7, 11) is -2.91. The molecule has 1 aromatic heterocycles. The van der Waals surface area contributed by atoms with Crippen molar-refractivity contribution in [2.45, 2.75) is 61.3 Å². The molecule has 1 aromatic rings. The van der Waals surface area contributed by atoms with Gasteiger partial charge in [0.25, 0.3) is 5.91 Å². The number of sulfonamides is 1. The van der Waals surface area contributed by atoms with Crippen molar-refractivity contribution in [2.24, 2.45) is 0 Å². The largest absolute Gasteiger partial charge is 0.453 e. The number of ether oxygens (including phenoxy) is 1. The van der Waals surface area contributed by atoms with Crippen molar-refractivity contribution in [2.75, 3.05) is 39.9 Å². The third kappa shape index (κ3) is 7.01. The summed E-state index contributed by atoms with van der Waals surface area (Å²) in [4.78, 5) is 30.4. The maximum Gasteiger partial charge on any atom is 0.453 e. The number of carbonyl (C=O) groups is 2. The molecule has 0 spiro atoms. The van der Waals surface area contributed by atoms with E-state index < -0.39 is 45.6 Å². The van der Waals surface area contributed by atoms with E-state index in [0.29, 0.717) is 18.5 Å². The van der Waals surface area contributed by atoms with Gasteiger partial charge in [0.1, 0.15) is 6.61 Å². The van der Waals surface area contributed by atoms with Crippen LogP contribution < -0.4 is 5.48 Å². The van der Waals surface area contributed by atoms with Crippen LogP contribution in [0.3, 0.4) is 0 Å². The number of aromatic nitrogens is 1. The third-order valence-corrected chi connectivity index (χ3v) is 10.0. The average Bonchev–Trinajstić information content (AvgIpc) is 2.91. The van der Waals surface area contributed by atoms with Crippen LogP contribution in [0.2, 0.25) is 0 Å². The minimum absolute atomic E-state index is 0. The van der Waals surface area contributed by atoms with E-state index in [-0.39, 0.29) is 75.4 Å². The van der Waals surface area contributed by atoms with E-state index in [4.69, 9.17) is 4.74 Å². The van der Waals surface area contributed by atoms with E-state index >= 15 is 0 Å². The van der Waals surface area contributed by atoms with Crippen LogP contribution in [0.1, 0.15) is 49.3 Å². The summed E-state index contributed by atoms with van der Waals surface area (Å²) in [6.07, 6.45) is -6.07. The number of hydrogen-bond donors (Lipinski definition) is 2. The van der Waals surface area contributed by atoms with Crippen LogP contribution in [0.5, 0.6) is 0 Å². The lowest BCUT2D eigenvalue weighted by Gasteiger charge is -2.43. The lowest BCUT2D eigenvalue weighted by atomic mass is 9.93. The van der Waals surface area contributed by atoms with E-state index in [1.807, 2.05) is 0 Å². The van der Waals surface area contributed by atoms with E-state index in [1.54, 1.807) is 0 Å². The molecule has 40 heavy (non-hydrogen) atoms. The molecule has 0 aliphatic carbocycles. The third-order valence-electron chi connectivity index (χ3n) is 7.40. The zero-order valence-electron chi connectivity index (χ0n) is 21.6. The number of alkyl halides is 5. The Morgan fingerprint density at radius 1 is 1.12 bits per heavy atom. The van der Waals surface area contributed by atoms with Gasteiger partial charge in [-0.2, -0.15) is 22.0 Å². The zero-order valence-corrected chi connectivity index (χ0v) is 23.3. The smallest absolute Gasteiger partial charge is 0.375 e. The van der Waals surface area contributed by atoms with Crippen LogP contribution in [-0.4, -0.2) is 96.4 Å². The Morgan fingerprint density at radius 2 is 1.73 bits per heavy atom. The number of methoxy groups -OCH3 is 1. The second-order valence-electron chi connectivity index (χ2n) is 9.72. The molecule has 0 saturated carbocycles. The standard InChI is InChI=1S/C23H31F5N4O6S.ClH/c1-38-15-19(33)31-12-8-21(9-13-31,20(34)30-35)39(36,37)32-10-5-17(6-11-32)18-3-2-16(14-29-18)4-7-22(24,25)23(26,27)28;/h2-3,14,17,35H,4-13,15H2,1H3,(H,30,34);1H. The van der Waals surface area contributed by atoms with Crippen molar-refractivity contribution < 1.29 is 49.9 Å². The van der Waals surface area contributed by atoms with Crippen molar-refractivity contribution in [3.63, 3.8) is 0 Å². The number of amides is 2. The predicted molar refractivity (Wildman–Crippen MR) is 134 cm³/mol. The number of piperidine rings is 2. The van der Waals surface area contributed by atoms with Gasteiger partial charge in [-0.25, -0.2) is 18.2 Å². The van der Waals surface area contributed by atoms with Crippen LogP contribution >= 0.6 is 12.4 Å². The van der Waals surface area contributed by atoms with E-state index in [9.17, 15) is 45.2 Å². The molecule has 3 heterocycles. The van der Waals surface area contributed by atoms with Crippen LogP contribution in [0.4, 0.5) is 22.0 Å². The van der Waals surface area contributed by atoms with Crippen LogP contribution in [0.25, 0.3) is 0 Å². The molecule has 2 aliphatic rings. The summed E-state index contributed by atoms with van der Waals surface area (Å²) in [5, 5.41) is 9.32. The van der Waals surface area contributed by atoms with Gasteiger partial charge < -0.3 is 9.64 Å². The Kier molecular flexibility index (Phi) is 11.3. The van der Waals surface area contributed by atoms with Crippen LogP contribution in [0.15, 0.2) is 18.3 Å². The fourth-order valence-electron chi connectivity index (χ4n) is 4.94. The van der Waals surface area contributed by atoms with Gasteiger partial charge in [-0.05, 0) is 43.7 Å². The molecule has 0 atom stereocenters. The van der Waals surface area contributed by atoms with Crippen LogP contribution in [0, 0.1) is 0 Å². The van der Waals surface area contributed by atoms with Crippen molar-refractivity contribution >= 4 is 34.2 Å². The average molecular weight is 623 g/mol. The minimum atomic E-state index is -5.62. The Bertz CT molecular complexity index is 1120. The monoisotopic (exact) mass is 622 g/mol. The van der Waals surface area contributed by atoms with Gasteiger partial charge >= 0.3 is 12.1 Å². The molecule has 2 amide bonds. The summed E-state index contributed by atoms with van der Waals surface area (Å²) in [6, 6.07) is 2.96. The molecule has 10 nitrogen and oxygen atoms in total. The second-order valence-corrected chi connectivity index (χ2v) is 12.0. The Hall–Kier alpha value is -2.14. The Labute approximate surface area is 234 Å².